The van der Waals surface area contributed by atoms with Crippen molar-refractivity contribution in [3.05, 3.63) is 11.8 Å². The summed E-state index contributed by atoms with van der Waals surface area (Å²) in [5, 5.41) is 0. The van der Waals surface area contributed by atoms with Crippen molar-refractivity contribution in [3.8, 4) is 18.2 Å². The van der Waals surface area contributed by atoms with Crippen molar-refractivity contribution in [2.75, 3.05) is 5.73 Å². The van der Waals surface area contributed by atoms with Crippen molar-refractivity contribution in [1.82, 2.24) is 9.97 Å². The summed E-state index contributed by atoms with van der Waals surface area (Å²) >= 11 is 0. The third-order valence-electron chi connectivity index (χ3n) is 1.47. The monoisotopic (exact) mass is 177 g/mol. The van der Waals surface area contributed by atoms with Gasteiger partial charge in [-0.3, -0.25) is 0 Å². The van der Waals surface area contributed by atoms with Crippen molar-refractivity contribution in [2.45, 2.75) is 20.0 Å². The first-order chi connectivity index (χ1) is 6.13. The number of aryl methyl sites for hydroxylation is 1. The lowest BCUT2D eigenvalue weighted by Crippen LogP contribution is -2.11. The first-order valence-electron chi connectivity index (χ1n) is 3.85. The van der Waals surface area contributed by atoms with Crippen molar-refractivity contribution in [1.29, 1.82) is 0 Å². The van der Waals surface area contributed by atoms with Crippen LogP contribution in [-0.4, -0.2) is 16.1 Å². The molecule has 68 valence electrons. The Morgan fingerprint density at radius 3 is 3.00 bits per heavy atom. The molecule has 1 rings (SSSR count). The predicted octanol–water partition coefficient (Wildman–Crippen LogP) is 0.768. The molecule has 0 aliphatic carbocycles. The molecule has 1 unspecified atom stereocenters. The van der Waals surface area contributed by atoms with Crippen molar-refractivity contribution >= 4 is 5.95 Å². The van der Waals surface area contributed by atoms with Gasteiger partial charge in [0.1, 0.15) is 0 Å². The standard InChI is InChI=1S/C9H11N3O/c1-4-7(3)13-8-6(2)5-11-9(10)12-8/h1,5,7H,2-3H3,(H2,10,11,12). The van der Waals surface area contributed by atoms with Gasteiger partial charge in [-0.2, -0.15) is 4.98 Å². The zero-order chi connectivity index (χ0) is 9.84. The van der Waals surface area contributed by atoms with E-state index >= 15 is 0 Å². The first kappa shape index (κ1) is 9.33. The molecule has 0 aliphatic rings. The average Bonchev–Trinajstić information content (AvgIpc) is 2.11. The highest BCUT2D eigenvalue weighted by molar-refractivity contribution is 5.29. The Morgan fingerprint density at radius 2 is 2.38 bits per heavy atom. The van der Waals surface area contributed by atoms with Gasteiger partial charge in [0.15, 0.2) is 6.10 Å². The van der Waals surface area contributed by atoms with E-state index < -0.39 is 0 Å². The number of nitrogen functional groups attached to an aromatic ring is 1. The van der Waals surface area contributed by atoms with Gasteiger partial charge in [-0.25, -0.2) is 4.98 Å². The van der Waals surface area contributed by atoms with Crippen LogP contribution in [-0.2, 0) is 0 Å². The lowest BCUT2D eigenvalue weighted by Gasteiger charge is -2.09. The van der Waals surface area contributed by atoms with E-state index in [4.69, 9.17) is 16.9 Å². The maximum Gasteiger partial charge on any atom is 0.223 e. The smallest absolute Gasteiger partial charge is 0.223 e. The van der Waals surface area contributed by atoms with E-state index in [1.807, 2.05) is 6.92 Å². The number of aromatic nitrogens is 2. The van der Waals surface area contributed by atoms with E-state index in [0.29, 0.717) is 5.88 Å². The molecular weight excluding hydrogens is 166 g/mol. The molecule has 1 aromatic heterocycles. The molecule has 0 fully saturated rings. The second kappa shape index (κ2) is 3.76. The van der Waals surface area contributed by atoms with Gasteiger partial charge in [-0.05, 0) is 13.8 Å². The molecule has 2 N–H and O–H groups in total. The molecule has 13 heavy (non-hydrogen) atoms. The van der Waals surface area contributed by atoms with Crippen LogP contribution in [0.25, 0.3) is 0 Å². The zero-order valence-electron chi connectivity index (χ0n) is 7.61. The maximum atomic E-state index is 5.39. The summed E-state index contributed by atoms with van der Waals surface area (Å²) in [6.45, 7) is 3.59. The van der Waals surface area contributed by atoms with Crippen LogP contribution in [0, 0.1) is 19.3 Å². The molecule has 0 saturated carbocycles. The molecule has 0 bridgehead atoms. The van der Waals surface area contributed by atoms with Gasteiger partial charge in [0.2, 0.25) is 11.8 Å². The minimum absolute atomic E-state index is 0.185. The number of ether oxygens (including phenoxy) is 1. The molecule has 4 nitrogen and oxygen atoms in total. The Hall–Kier alpha value is -1.76. The maximum absolute atomic E-state index is 5.39. The molecular formula is C9H11N3O. The SMILES string of the molecule is C#CC(C)Oc1nc(N)ncc1C. The van der Waals surface area contributed by atoms with Crippen LogP contribution in [0.1, 0.15) is 12.5 Å². The van der Waals surface area contributed by atoms with Gasteiger partial charge in [-0.1, -0.05) is 5.92 Å². The quantitative estimate of drug-likeness (QED) is 0.678. The van der Waals surface area contributed by atoms with Crippen LogP contribution in [0.3, 0.4) is 0 Å². The van der Waals surface area contributed by atoms with E-state index in [0.717, 1.165) is 5.56 Å². The van der Waals surface area contributed by atoms with Crippen LogP contribution in [0.5, 0.6) is 5.88 Å². The molecule has 0 aliphatic heterocycles. The van der Waals surface area contributed by atoms with Crippen LogP contribution >= 0.6 is 0 Å². The Morgan fingerprint density at radius 1 is 1.69 bits per heavy atom. The van der Waals surface area contributed by atoms with Crippen molar-refractivity contribution < 1.29 is 4.74 Å². The summed E-state index contributed by atoms with van der Waals surface area (Å²) in [5.74, 6) is 3.06. The van der Waals surface area contributed by atoms with Crippen LogP contribution < -0.4 is 10.5 Å². The van der Waals surface area contributed by atoms with E-state index in [2.05, 4.69) is 15.9 Å². The number of rotatable bonds is 2. The van der Waals surface area contributed by atoms with Gasteiger partial charge in [0.05, 0.1) is 0 Å². The Bertz CT molecular complexity index is 343. The number of terminal acetylenes is 1. The second-order valence-electron chi connectivity index (χ2n) is 2.64. The predicted molar refractivity (Wildman–Crippen MR) is 50.1 cm³/mol. The molecule has 4 heteroatoms. The average molecular weight is 177 g/mol. The highest BCUT2D eigenvalue weighted by Crippen LogP contribution is 2.14. The molecule has 0 amide bonds. The van der Waals surface area contributed by atoms with Gasteiger partial charge in [0, 0.05) is 11.8 Å². The first-order valence-corrected chi connectivity index (χ1v) is 3.85. The Labute approximate surface area is 77.1 Å². The van der Waals surface area contributed by atoms with Crippen LogP contribution in [0.4, 0.5) is 5.95 Å². The van der Waals surface area contributed by atoms with E-state index in [9.17, 15) is 0 Å². The highest BCUT2D eigenvalue weighted by Gasteiger charge is 2.05. The lowest BCUT2D eigenvalue weighted by molar-refractivity contribution is 0.266. The van der Waals surface area contributed by atoms with Gasteiger partial charge < -0.3 is 10.5 Å². The van der Waals surface area contributed by atoms with Gasteiger partial charge in [-0.15, -0.1) is 6.42 Å². The molecule has 0 spiro atoms. The normalized spacial score (nSPS) is 11.8. The molecule has 0 saturated heterocycles. The van der Waals surface area contributed by atoms with Crippen LogP contribution in [0.15, 0.2) is 6.20 Å². The Kier molecular flexibility index (Phi) is 2.70. The summed E-state index contributed by atoms with van der Waals surface area (Å²) < 4.78 is 5.31. The Balaban J connectivity index is 2.88. The van der Waals surface area contributed by atoms with E-state index in [-0.39, 0.29) is 12.1 Å². The van der Waals surface area contributed by atoms with Crippen molar-refractivity contribution in [2.24, 2.45) is 0 Å². The minimum atomic E-state index is -0.312. The molecule has 0 radical (unpaired) electrons. The highest BCUT2D eigenvalue weighted by atomic mass is 16.5. The second-order valence-corrected chi connectivity index (χ2v) is 2.64. The molecule has 1 atom stereocenters. The van der Waals surface area contributed by atoms with Gasteiger partial charge >= 0.3 is 0 Å². The molecule has 1 aromatic rings. The fourth-order valence-corrected chi connectivity index (χ4v) is 0.760. The van der Waals surface area contributed by atoms with E-state index in [1.165, 1.54) is 0 Å². The lowest BCUT2D eigenvalue weighted by atomic mass is 10.3. The zero-order valence-corrected chi connectivity index (χ0v) is 7.61. The number of hydrogen-bond acceptors (Lipinski definition) is 4. The van der Waals surface area contributed by atoms with Gasteiger partial charge in [0.25, 0.3) is 0 Å². The number of hydrogen-bond donors (Lipinski definition) is 1. The fourth-order valence-electron chi connectivity index (χ4n) is 0.760. The van der Waals surface area contributed by atoms with Crippen LogP contribution in [0.2, 0.25) is 0 Å². The largest absolute Gasteiger partial charge is 0.461 e. The summed E-state index contributed by atoms with van der Waals surface area (Å²) in [7, 11) is 0. The fraction of sp³-hybridized carbons (Fsp3) is 0.333. The summed E-state index contributed by atoms with van der Waals surface area (Å²) in [5.41, 5.74) is 6.21. The third-order valence-corrected chi connectivity index (χ3v) is 1.47. The molecule has 0 aromatic carbocycles. The summed E-state index contributed by atoms with van der Waals surface area (Å²) in [6.07, 6.45) is 6.44. The number of nitrogens with zero attached hydrogens (tertiary/aromatic N) is 2. The number of anilines is 1. The van der Waals surface area contributed by atoms with Crippen molar-refractivity contribution in [3.63, 3.8) is 0 Å². The number of nitrogens with two attached hydrogens (primary N) is 1. The van der Waals surface area contributed by atoms with E-state index in [1.54, 1.807) is 13.1 Å². The summed E-state index contributed by atoms with van der Waals surface area (Å²) in [4.78, 5) is 7.72. The molecule has 1 heterocycles. The summed E-state index contributed by atoms with van der Waals surface area (Å²) in [6, 6.07) is 0. The third kappa shape index (κ3) is 2.34. The minimum Gasteiger partial charge on any atom is -0.461 e. The topological polar surface area (TPSA) is 61.0 Å².